The number of esters is 1. The van der Waals surface area contributed by atoms with Crippen LogP contribution in [-0.4, -0.2) is 28.3 Å². The van der Waals surface area contributed by atoms with Crippen LogP contribution in [0.4, 0.5) is 5.95 Å². The van der Waals surface area contributed by atoms with Gasteiger partial charge in [0, 0.05) is 28.4 Å². The normalized spacial score (nSPS) is 11.7. The van der Waals surface area contributed by atoms with Gasteiger partial charge in [-0.15, -0.1) is 0 Å². The van der Waals surface area contributed by atoms with Gasteiger partial charge in [0.15, 0.2) is 0 Å². The second-order valence-electron chi connectivity index (χ2n) is 6.80. The molecule has 0 saturated carbocycles. The number of ether oxygens (including phenoxy) is 1. The molecule has 0 atom stereocenters. The molecule has 3 rings (SSSR count). The number of aryl methyl sites for hydroxylation is 3. The SMILES string of the molecule is CCOC(=O)c1oc2ccc(CC/C(C)=N/Nc3nc(C)cc(=O)[nH]3)cc2c1C. The van der Waals surface area contributed by atoms with Gasteiger partial charge in [0.2, 0.25) is 11.7 Å². The minimum absolute atomic E-state index is 0.223. The Hall–Kier alpha value is -3.42. The van der Waals surface area contributed by atoms with E-state index in [2.05, 4.69) is 20.5 Å². The Balaban J connectivity index is 1.69. The predicted octanol–water partition coefficient (Wildman–Crippen LogP) is 3.73. The van der Waals surface area contributed by atoms with E-state index in [0.717, 1.165) is 35.1 Å². The summed E-state index contributed by atoms with van der Waals surface area (Å²) in [7, 11) is 0. The molecule has 2 aromatic heterocycles. The number of nitrogens with one attached hydrogen (secondary N) is 2. The van der Waals surface area contributed by atoms with Crippen LogP contribution in [0.15, 0.2) is 38.6 Å². The number of rotatable bonds is 7. The summed E-state index contributed by atoms with van der Waals surface area (Å²) in [5.74, 6) is 0.122. The highest BCUT2D eigenvalue weighted by atomic mass is 16.5. The Morgan fingerprint density at radius 2 is 2.10 bits per heavy atom. The largest absolute Gasteiger partial charge is 0.460 e. The van der Waals surface area contributed by atoms with Crippen molar-refractivity contribution >= 4 is 28.6 Å². The lowest BCUT2D eigenvalue weighted by atomic mass is 10.0. The van der Waals surface area contributed by atoms with Gasteiger partial charge in [-0.25, -0.2) is 15.2 Å². The van der Waals surface area contributed by atoms with E-state index in [9.17, 15) is 9.59 Å². The number of hydrogen-bond donors (Lipinski definition) is 2. The number of fused-ring (bicyclic) bond motifs is 1. The molecule has 152 valence electrons. The molecular formula is C21H24N4O4. The highest BCUT2D eigenvalue weighted by Gasteiger charge is 2.18. The van der Waals surface area contributed by atoms with E-state index in [-0.39, 0.29) is 11.3 Å². The molecule has 0 aliphatic heterocycles. The minimum atomic E-state index is -0.445. The standard InChI is InChI=1S/C21H24N4O4/c1-5-28-20(27)19-14(4)16-11-15(8-9-17(16)29-19)7-6-12(2)24-25-21-22-13(3)10-18(26)23-21/h8-11H,5-7H2,1-4H3,(H2,22,23,25,26)/b24-12+. The molecule has 8 heteroatoms. The minimum Gasteiger partial charge on any atom is -0.460 e. The van der Waals surface area contributed by atoms with E-state index in [1.54, 1.807) is 13.8 Å². The zero-order valence-corrected chi connectivity index (χ0v) is 17.0. The molecule has 0 amide bonds. The van der Waals surface area contributed by atoms with Crippen LogP contribution in [0.5, 0.6) is 0 Å². The first-order valence-electron chi connectivity index (χ1n) is 9.43. The third-order valence-electron chi connectivity index (χ3n) is 4.46. The molecule has 0 spiro atoms. The number of H-pyrrole nitrogens is 1. The number of carbonyl (C=O) groups is 1. The number of hydrazone groups is 1. The molecule has 2 heterocycles. The van der Waals surface area contributed by atoms with Crippen molar-refractivity contribution in [3.05, 3.63) is 57.2 Å². The van der Waals surface area contributed by atoms with Crippen molar-refractivity contribution in [3.8, 4) is 0 Å². The molecule has 0 unspecified atom stereocenters. The fraction of sp³-hybridized carbons (Fsp3) is 0.333. The monoisotopic (exact) mass is 396 g/mol. The number of aromatic nitrogens is 2. The predicted molar refractivity (Wildman–Crippen MR) is 112 cm³/mol. The van der Waals surface area contributed by atoms with Crippen LogP contribution in [0.1, 0.15) is 47.6 Å². The Morgan fingerprint density at radius 3 is 2.83 bits per heavy atom. The number of anilines is 1. The quantitative estimate of drug-likeness (QED) is 0.358. The summed E-state index contributed by atoms with van der Waals surface area (Å²) in [5, 5.41) is 5.18. The van der Waals surface area contributed by atoms with E-state index >= 15 is 0 Å². The van der Waals surface area contributed by atoms with Gasteiger partial charge < -0.3 is 9.15 Å². The van der Waals surface area contributed by atoms with Crippen LogP contribution < -0.4 is 11.0 Å². The molecule has 0 bridgehead atoms. The topological polar surface area (TPSA) is 110 Å². The molecular weight excluding hydrogens is 372 g/mol. The number of furan rings is 1. The Kier molecular flexibility index (Phi) is 6.11. The molecule has 0 aliphatic rings. The van der Waals surface area contributed by atoms with E-state index in [1.165, 1.54) is 6.07 Å². The van der Waals surface area contributed by atoms with Gasteiger partial charge in [-0.2, -0.15) is 5.10 Å². The van der Waals surface area contributed by atoms with Crippen molar-refractivity contribution in [2.45, 2.75) is 40.5 Å². The number of benzene rings is 1. The highest BCUT2D eigenvalue weighted by Crippen LogP contribution is 2.27. The zero-order valence-electron chi connectivity index (χ0n) is 17.0. The number of carbonyl (C=O) groups excluding carboxylic acids is 1. The summed E-state index contributed by atoms with van der Waals surface area (Å²) in [6.07, 6.45) is 1.49. The van der Waals surface area contributed by atoms with Crippen LogP contribution >= 0.6 is 0 Å². The van der Waals surface area contributed by atoms with Crippen molar-refractivity contribution < 1.29 is 13.9 Å². The Labute approximate surface area is 168 Å². The first-order valence-corrected chi connectivity index (χ1v) is 9.43. The summed E-state index contributed by atoms with van der Waals surface area (Å²) in [6.45, 7) is 7.58. The fourth-order valence-electron chi connectivity index (χ4n) is 2.98. The smallest absolute Gasteiger partial charge is 0.374 e. The first-order chi connectivity index (χ1) is 13.9. The molecule has 0 aliphatic carbocycles. The number of aromatic amines is 1. The molecule has 1 aromatic carbocycles. The van der Waals surface area contributed by atoms with E-state index < -0.39 is 5.97 Å². The van der Waals surface area contributed by atoms with Crippen LogP contribution in [0, 0.1) is 13.8 Å². The van der Waals surface area contributed by atoms with Gasteiger partial charge >= 0.3 is 5.97 Å². The summed E-state index contributed by atoms with van der Waals surface area (Å²) < 4.78 is 10.7. The van der Waals surface area contributed by atoms with E-state index in [4.69, 9.17) is 9.15 Å². The van der Waals surface area contributed by atoms with Gasteiger partial charge in [0.1, 0.15) is 5.58 Å². The highest BCUT2D eigenvalue weighted by molar-refractivity contribution is 5.96. The molecule has 29 heavy (non-hydrogen) atoms. The van der Waals surface area contributed by atoms with Crippen LogP contribution in [0.2, 0.25) is 0 Å². The molecule has 0 radical (unpaired) electrons. The van der Waals surface area contributed by atoms with Gasteiger partial charge in [0.25, 0.3) is 5.56 Å². The van der Waals surface area contributed by atoms with Gasteiger partial charge in [-0.05, 0) is 58.2 Å². The third-order valence-corrected chi connectivity index (χ3v) is 4.46. The maximum Gasteiger partial charge on any atom is 0.374 e. The summed E-state index contributed by atoms with van der Waals surface area (Å²) in [4.78, 5) is 30.2. The molecule has 8 nitrogen and oxygen atoms in total. The second kappa shape index (κ2) is 8.72. The van der Waals surface area contributed by atoms with E-state index in [0.29, 0.717) is 23.8 Å². The zero-order chi connectivity index (χ0) is 21.0. The van der Waals surface area contributed by atoms with E-state index in [1.807, 2.05) is 32.0 Å². The van der Waals surface area contributed by atoms with Crippen molar-refractivity contribution in [3.63, 3.8) is 0 Å². The van der Waals surface area contributed by atoms with Crippen molar-refractivity contribution in [2.24, 2.45) is 5.10 Å². The molecule has 3 aromatic rings. The first kappa shape index (κ1) is 20.3. The van der Waals surface area contributed by atoms with Crippen LogP contribution in [-0.2, 0) is 11.2 Å². The Morgan fingerprint density at radius 1 is 1.31 bits per heavy atom. The van der Waals surface area contributed by atoms with Crippen LogP contribution in [0.25, 0.3) is 11.0 Å². The average Bonchev–Trinajstić information content (AvgIpc) is 3.00. The number of nitrogens with zero attached hydrogens (tertiary/aromatic N) is 2. The van der Waals surface area contributed by atoms with Crippen LogP contribution in [0.3, 0.4) is 0 Å². The average molecular weight is 396 g/mol. The summed E-state index contributed by atoms with van der Waals surface area (Å²) in [5.41, 5.74) is 6.59. The summed E-state index contributed by atoms with van der Waals surface area (Å²) in [6, 6.07) is 7.29. The lowest BCUT2D eigenvalue weighted by Gasteiger charge is -2.04. The molecule has 2 N–H and O–H groups in total. The van der Waals surface area contributed by atoms with Crippen molar-refractivity contribution in [1.29, 1.82) is 0 Å². The second-order valence-corrected chi connectivity index (χ2v) is 6.80. The third kappa shape index (κ3) is 4.90. The lowest BCUT2D eigenvalue weighted by Crippen LogP contribution is -2.11. The molecule has 0 saturated heterocycles. The lowest BCUT2D eigenvalue weighted by molar-refractivity contribution is 0.0491. The number of hydrogen-bond acceptors (Lipinski definition) is 7. The van der Waals surface area contributed by atoms with Crippen molar-refractivity contribution in [2.75, 3.05) is 12.0 Å². The Bertz CT molecular complexity index is 1130. The van der Waals surface area contributed by atoms with Gasteiger partial charge in [-0.3, -0.25) is 9.78 Å². The maximum atomic E-state index is 12.0. The van der Waals surface area contributed by atoms with Gasteiger partial charge in [-0.1, -0.05) is 6.07 Å². The summed E-state index contributed by atoms with van der Waals surface area (Å²) >= 11 is 0. The van der Waals surface area contributed by atoms with Gasteiger partial charge in [0.05, 0.1) is 6.61 Å². The maximum absolute atomic E-state index is 12.0. The fourth-order valence-corrected chi connectivity index (χ4v) is 2.98. The molecule has 0 fully saturated rings. The van der Waals surface area contributed by atoms with Crippen molar-refractivity contribution in [1.82, 2.24) is 9.97 Å².